The summed E-state index contributed by atoms with van der Waals surface area (Å²) in [5.41, 5.74) is 0.553. The molecule has 0 aliphatic heterocycles. The lowest BCUT2D eigenvalue weighted by Crippen LogP contribution is -1.98. The maximum absolute atomic E-state index is 11.1. The lowest BCUT2D eigenvalue weighted by atomic mass is 10.2. The van der Waals surface area contributed by atoms with E-state index in [0.717, 1.165) is 0 Å². The predicted molar refractivity (Wildman–Crippen MR) is 63.2 cm³/mol. The van der Waals surface area contributed by atoms with Crippen molar-refractivity contribution >= 4 is 19.7 Å². The van der Waals surface area contributed by atoms with E-state index in [2.05, 4.69) is 11.8 Å². The Bertz CT molecular complexity index is 538. The van der Waals surface area contributed by atoms with E-state index < -0.39 is 9.05 Å². The minimum atomic E-state index is -3.69. The summed E-state index contributed by atoms with van der Waals surface area (Å²) in [6, 6.07) is 4.60. The number of hydrogen-bond donors (Lipinski definition) is 0. The van der Waals surface area contributed by atoms with Crippen LogP contribution in [0.2, 0.25) is 0 Å². The van der Waals surface area contributed by atoms with Gasteiger partial charge in [0.25, 0.3) is 9.05 Å². The third-order valence-corrected chi connectivity index (χ3v) is 3.38. The third kappa shape index (κ3) is 3.44. The van der Waals surface area contributed by atoms with Gasteiger partial charge in [0.2, 0.25) is 0 Å². The van der Waals surface area contributed by atoms with Gasteiger partial charge in [0.05, 0.1) is 4.90 Å². The van der Waals surface area contributed by atoms with Crippen LogP contribution in [-0.2, 0) is 9.05 Å². The first-order valence-electron chi connectivity index (χ1n) is 4.53. The molecule has 1 aromatic carbocycles. The maximum Gasteiger partial charge on any atom is 0.261 e. The molecule has 16 heavy (non-hydrogen) atoms. The van der Waals surface area contributed by atoms with E-state index in [-0.39, 0.29) is 11.5 Å². The van der Waals surface area contributed by atoms with Gasteiger partial charge in [-0.15, -0.1) is 5.92 Å². The molecule has 5 heteroatoms. The van der Waals surface area contributed by atoms with Gasteiger partial charge in [-0.3, -0.25) is 0 Å². The van der Waals surface area contributed by atoms with Crippen LogP contribution < -0.4 is 4.74 Å². The second-order valence-electron chi connectivity index (χ2n) is 3.08. The molecule has 0 amide bonds. The first-order chi connectivity index (χ1) is 7.45. The summed E-state index contributed by atoms with van der Waals surface area (Å²) >= 11 is 0. The minimum Gasteiger partial charge on any atom is -0.481 e. The number of aryl methyl sites for hydroxylation is 1. The van der Waals surface area contributed by atoms with Gasteiger partial charge < -0.3 is 4.74 Å². The van der Waals surface area contributed by atoms with Crippen LogP contribution in [0, 0.1) is 18.8 Å². The first-order valence-corrected chi connectivity index (χ1v) is 6.84. The molecule has 86 valence electrons. The van der Waals surface area contributed by atoms with Crippen LogP contribution in [0.25, 0.3) is 0 Å². The Morgan fingerprint density at radius 2 is 2.12 bits per heavy atom. The Morgan fingerprint density at radius 1 is 1.44 bits per heavy atom. The van der Waals surface area contributed by atoms with Crippen molar-refractivity contribution in [3.63, 3.8) is 0 Å². The van der Waals surface area contributed by atoms with Gasteiger partial charge in [0.1, 0.15) is 12.4 Å². The maximum atomic E-state index is 11.1. The smallest absolute Gasteiger partial charge is 0.261 e. The molecule has 0 atom stereocenters. The van der Waals surface area contributed by atoms with Crippen LogP contribution in [0.4, 0.5) is 0 Å². The quantitative estimate of drug-likeness (QED) is 0.617. The summed E-state index contributed by atoms with van der Waals surface area (Å²) in [5, 5.41) is 0. The average molecular weight is 259 g/mol. The zero-order valence-corrected chi connectivity index (χ0v) is 10.5. The minimum absolute atomic E-state index is 0.100. The molecule has 0 heterocycles. The number of benzene rings is 1. The Morgan fingerprint density at radius 3 is 2.62 bits per heavy atom. The van der Waals surface area contributed by atoms with E-state index in [1.807, 2.05) is 0 Å². The van der Waals surface area contributed by atoms with E-state index in [0.29, 0.717) is 11.3 Å². The van der Waals surface area contributed by atoms with Gasteiger partial charge in [-0.2, -0.15) is 0 Å². The van der Waals surface area contributed by atoms with Crippen molar-refractivity contribution in [3.05, 3.63) is 23.8 Å². The fourth-order valence-electron chi connectivity index (χ4n) is 1.18. The Kier molecular flexibility index (Phi) is 4.22. The van der Waals surface area contributed by atoms with Gasteiger partial charge in [-0.05, 0) is 37.6 Å². The molecular formula is C11H11ClO3S. The van der Waals surface area contributed by atoms with E-state index in [4.69, 9.17) is 15.4 Å². The Labute approximate surface area is 99.8 Å². The molecule has 0 aromatic heterocycles. The molecule has 0 fully saturated rings. The van der Waals surface area contributed by atoms with Crippen LogP contribution in [-0.4, -0.2) is 15.0 Å². The monoisotopic (exact) mass is 258 g/mol. The van der Waals surface area contributed by atoms with Crippen molar-refractivity contribution in [3.8, 4) is 17.6 Å². The predicted octanol–water partition coefficient (Wildman–Crippen LogP) is 2.32. The Balaban J connectivity index is 2.94. The number of halogens is 1. The summed E-state index contributed by atoms with van der Waals surface area (Å²) in [5.74, 6) is 6.01. The van der Waals surface area contributed by atoms with Crippen molar-refractivity contribution in [2.24, 2.45) is 0 Å². The fraction of sp³-hybridized carbons (Fsp3) is 0.273. The lowest BCUT2D eigenvalue weighted by Gasteiger charge is -2.06. The van der Waals surface area contributed by atoms with Gasteiger partial charge >= 0.3 is 0 Å². The molecule has 0 saturated carbocycles. The molecule has 0 aliphatic carbocycles. The second kappa shape index (κ2) is 5.24. The van der Waals surface area contributed by atoms with Crippen molar-refractivity contribution in [1.82, 2.24) is 0 Å². The third-order valence-electron chi connectivity index (χ3n) is 1.90. The molecule has 0 N–H and O–H groups in total. The van der Waals surface area contributed by atoms with Gasteiger partial charge in [-0.25, -0.2) is 8.42 Å². The number of hydrogen-bond acceptors (Lipinski definition) is 3. The molecule has 1 rings (SSSR count). The lowest BCUT2D eigenvalue weighted by molar-refractivity contribution is 0.369. The molecule has 3 nitrogen and oxygen atoms in total. The molecule has 1 aromatic rings. The van der Waals surface area contributed by atoms with E-state index in [9.17, 15) is 8.42 Å². The van der Waals surface area contributed by atoms with Crippen molar-refractivity contribution in [2.75, 3.05) is 6.61 Å². The zero-order chi connectivity index (χ0) is 12.2. The normalized spacial score (nSPS) is 10.4. The number of ether oxygens (including phenoxy) is 1. The molecule has 0 spiro atoms. The topological polar surface area (TPSA) is 43.4 Å². The second-order valence-corrected chi connectivity index (χ2v) is 5.61. The molecule has 0 unspecified atom stereocenters. The van der Waals surface area contributed by atoms with Crippen LogP contribution in [0.1, 0.15) is 12.5 Å². The highest BCUT2D eigenvalue weighted by Gasteiger charge is 2.13. The number of rotatable bonds is 3. The summed E-state index contributed by atoms with van der Waals surface area (Å²) in [7, 11) is 1.57. The van der Waals surface area contributed by atoms with Gasteiger partial charge in [0.15, 0.2) is 0 Å². The van der Waals surface area contributed by atoms with E-state index in [1.54, 1.807) is 26.0 Å². The SMILES string of the molecule is CC#CCOc1ccc(S(=O)(=O)Cl)c(C)c1. The summed E-state index contributed by atoms with van der Waals surface area (Å²) in [4.78, 5) is 0.100. The fourth-order valence-corrected chi connectivity index (χ4v) is 2.37. The first kappa shape index (κ1) is 12.9. The zero-order valence-electron chi connectivity index (χ0n) is 8.95. The molecule has 0 saturated heterocycles. The summed E-state index contributed by atoms with van der Waals surface area (Å²) in [6.45, 7) is 3.66. The highest BCUT2D eigenvalue weighted by atomic mass is 35.7. The largest absolute Gasteiger partial charge is 0.481 e. The van der Waals surface area contributed by atoms with Crippen LogP contribution in [0.3, 0.4) is 0 Å². The highest BCUT2D eigenvalue weighted by molar-refractivity contribution is 8.13. The molecule has 0 aliphatic rings. The standard InChI is InChI=1S/C11H11ClO3S/c1-3-4-7-15-10-5-6-11(9(2)8-10)16(12,13)14/h5-6,8H,7H2,1-2H3. The van der Waals surface area contributed by atoms with Crippen LogP contribution in [0.15, 0.2) is 23.1 Å². The summed E-state index contributed by atoms with van der Waals surface area (Å²) < 4.78 is 27.5. The van der Waals surface area contributed by atoms with Crippen molar-refractivity contribution < 1.29 is 13.2 Å². The van der Waals surface area contributed by atoms with Gasteiger partial charge in [0, 0.05) is 10.7 Å². The van der Waals surface area contributed by atoms with E-state index in [1.165, 1.54) is 6.07 Å². The molecule has 0 bridgehead atoms. The van der Waals surface area contributed by atoms with Crippen LogP contribution in [0.5, 0.6) is 5.75 Å². The van der Waals surface area contributed by atoms with Crippen LogP contribution >= 0.6 is 10.7 Å². The van der Waals surface area contributed by atoms with Gasteiger partial charge in [-0.1, -0.05) is 5.92 Å². The van der Waals surface area contributed by atoms with E-state index >= 15 is 0 Å². The molecule has 0 radical (unpaired) electrons. The van der Waals surface area contributed by atoms with Crippen molar-refractivity contribution in [1.29, 1.82) is 0 Å². The average Bonchev–Trinajstić information content (AvgIpc) is 2.16. The Hall–Kier alpha value is -1.18. The van der Waals surface area contributed by atoms with Crippen molar-refractivity contribution in [2.45, 2.75) is 18.7 Å². The molecular weight excluding hydrogens is 248 g/mol. The summed E-state index contributed by atoms with van der Waals surface area (Å²) in [6.07, 6.45) is 0. The highest BCUT2D eigenvalue weighted by Crippen LogP contribution is 2.23.